The van der Waals surface area contributed by atoms with Gasteiger partial charge in [0.05, 0.1) is 30.9 Å². The number of anilines is 2. The molecule has 3 aliphatic rings. The van der Waals surface area contributed by atoms with E-state index in [1.807, 2.05) is 70.0 Å². The summed E-state index contributed by atoms with van der Waals surface area (Å²) < 4.78 is 25.0. The van der Waals surface area contributed by atoms with Crippen LogP contribution in [0.1, 0.15) is 82.1 Å². The van der Waals surface area contributed by atoms with Crippen molar-refractivity contribution in [3.8, 4) is 17.0 Å². The quantitative estimate of drug-likeness (QED) is 0.184. The lowest BCUT2D eigenvalue weighted by molar-refractivity contribution is -0.0368. The van der Waals surface area contributed by atoms with Gasteiger partial charge in [0.25, 0.3) is 0 Å². The molecule has 288 valence electrons. The molecule has 3 fully saturated rings. The van der Waals surface area contributed by atoms with E-state index in [2.05, 4.69) is 15.2 Å². The molecule has 7 rings (SSSR count). The molecule has 1 aromatic carbocycles. The van der Waals surface area contributed by atoms with Crippen molar-refractivity contribution in [3.05, 3.63) is 52.8 Å². The Kier molecular flexibility index (Phi) is 10.7. The fourth-order valence-electron chi connectivity index (χ4n) is 7.83. The maximum Gasteiger partial charge on any atom is 0.407 e. The Bertz CT molecular complexity index is 1990. The van der Waals surface area contributed by atoms with Crippen LogP contribution < -0.4 is 19.9 Å². The minimum Gasteiger partial charge on any atom is -0.497 e. The van der Waals surface area contributed by atoms with E-state index in [0.717, 1.165) is 36.9 Å². The molecule has 6 heterocycles. The highest BCUT2D eigenvalue weighted by Crippen LogP contribution is 2.44. The zero-order valence-electron chi connectivity index (χ0n) is 31.8. The van der Waals surface area contributed by atoms with Crippen LogP contribution in [0.25, 0.3) is 22.4 Å². The number of hydrogen-bond acceptors (Lipinski definition) is 12. The molecule has 0 saturated carbocycles. The third-order valence-electron chi connectivity index (χ3n) is 10.6. The first-order chi connectivity index (χ1) is 25.9. The molecule has 1 amide bonds. The summed E-state index contributed by atoms with van der Waals surface area (Å²) in [4.78, 5) is 44.4. The summed E-state index contributed by atoms with van der Waals surface area (Å²) in [6.07, 6.45) is 5.62. The maximum atomic E-state index is 12.8. The number of methoxy groups -OCH3 is 1. The minimum atomic E-state index is -0.611. The van der Waals surface area contributed by atoms with E-state index in [4.69, 9.17) is 45.6 Å². The van der Waals surface area contributed by atoms with Gasteiger partial charge in [0.15, 0.2) is 24.0 Å². The molecule has 54 heavy (non-hydrogen) atoms. The second kappa shape index (κ2) is 15.3. The van der Waals surface area contributed by atoms with Crippen LogP contribution in [0.4, 0.5) is 16.4 Å². The first-order valence-electron chi connectivity index (χ1n) is 18.6. The van der Waals surface area contributed by atoms with Crippen molar-refractivity contribution < 1.29 is 28.5 Å². The van der Waals surface area contributed by atoms with E-state index < -0.39 is 11.7 Å². The molecule has 0 bridgehead atoms. The molecule has 3 aliphatic heterocycles. The molecular weight excluding hydrogens is 712 g/mol. The van der Waals surface area contributed by atoms with Crippen molar-refractivity contribution in [2.24, 2.45) is 5.41 Å². The molecule has 15 heteroatoms. The van der Waals surface area contributed by atoms with E-state index in [1.54, 1.807) is 18.0 Å². The zero-order valence-corrected chi connectivity index (χ0v) is 32.6. The normalized spacial score (nSPS) is 21.3. The van der Waals surface area contributed by atoms with Crippen LogP contribution in [0.5, 0.6) is 5.75 Å². The van der Waals surface area contributed by atoms with Gasteiger partial charge < -0.3 is 34.1 Å². The Morgan fingerprint density at radius 3 is 2.56 bits per heavy atom. The van der Waals surface area contributed by atoms with Crippen LogP contribution in [-0.2, 0) is 20.8 Å². The van der Waals surface area contributed by atoms with Crippen LogP contribution in [0.15, 0.2) is 36.5 Å². The zero-order chi connectivity index (χ0) is 38.2. The Morgan fingerprint density at radius 1 is 1.13 bits per heavy atom. The van der Waals surface area contributed by atoms with Crippen LogP contribution in [0.2, 0.25) is 5.02 Å². The number of nitrogens with one attached hydrogen (secondary N) is 1. The van der Waals surface area contributed by atoms with E-state index in [0.29, 0.717) is 84.8 Å². The fourth-order valence-corrected chi connectivity index (χ4v) is 8.18. The number of hydrogen-bond donors (Lipinski definition) is 1. The molecule has 3 saturated heterocycles. The SMILES string of the molecule is COc1ccc(CN(C)c2nccc(-c3nn(C4CCCCO4)c4nc(N5CCC6(CC5)CO[C@@H](C)[C@H]6NC(=O)OC(C)(C)C)c(C=O)nc34)c2Cl)cc1. The summed E-state index contributed by atoms with van der Waals surface area (Å²) >= 11 is 7.14. The molecule has 3 atom stereocenters. The third kappa shape index (κ3) is 7.56. The first kappa shape index (κ1) is 37.8. The number of halogens is 1. The Balaban J connectivity index is 1.20. The molecule has 14 nitrogen and oxygen atoms in total. The summed E-state index contributed by atoms with van der Waals surface area (Å²) in [5.41, 5.74) is 2.48. The topological polar surface area (TPSA) is 146 Å². The Morgan fingerprint density at radius 2 is 1.89 bits per heavy atom. The van der Waals surface area contributed by atoms with E-state index in [-0.39, 0.29) is 29.5 Å². The summed E-state index contributed by atoms with van der Waals surface area (Å²) in [6.45, 7) is 10.4. The van der Waals surface area contributed by atoms with Crippen molar-refractivity contribution in [3.63, 3.8) is 0 Å². The number of rotatable bonds is 9. The average molecular weight is 761 g/mol. The minimum absolute atomic E-state index is 0.170. The number of amides is 1. The predicted octanol–water partition coefficient (Wildman–Crippen LogP) is 6.60. The van der Waals surface area contributed by atoms with Crippen LogP contribution in [0.3, 0.4) is 0 Å². The average Bonchev–Trinajstić information content (AvgIpc) is 3.67. The summed E-state index contributed by atoms with van der Waals surface area (Å²) in [7, 11) is 3.58. The molecule has 1 unspecified atom stereocenters. The summed E-state index contributed by atoms with van der Waals surface area (Å²) in [6, 6.07) is 9.45. The lowest BCUT2D eigenvalue weighted by Crippen LogP contribution is -2.55. The summed E-state index contributed by atoms with van der Waals surface area (Å²) in [5, 5.41) is 8.57. The fraction of sp³-hybridized carbons (Fsp3) is 0.538. The standard InChI is InChI=1S/C39H49ClN8O6/c1-24-33(43-37(50)54-38(2,3)4)39(23-53-24)15-18-47(19-16-39)34-28(22-49)42-32-31(45-48(36(32)44-34)29-9-7-8-20-52-29)27-14-17-41-35(30(27)40)46(5)21-25-10-12-26(51-6)13-11-25/h10-14,17,22,24,29,33H,7-9,15-16,18-21,23H2,1-6H3,(H,43,50)/t24-,29?,33+/m0/s1. The second-order valence-electron chi connectivity index (χ2n) is 15.5. The highest BCUT2D eigenvalue weighted by Gasteiger charge is 2.51. The van der Waals surface area contributed by atoms with Gasteiger partial charge in [-0.25, -0.2) is 24.4 Å². The van der Waals surface area contributed by atoms with E-state index in [9.17, 15) is 9.59 Å². The van der Waals surface area contributed by atoms with Gasteiger partial charge >= 0.3 is 6.09 Å². The number of carbonyl (C=O) groups excluding carboxylic acids is 2. The van der Waals surface area contributed by atoms with Gasteiger partial charge in [0.1, 0.15) is 34.1 Å². The van der Waals surface area contributed by atoms with E-state index >= 15 is 0 Å². The molecule has 1 spiro atoms. The molecule has 0 aliphatic carbocycles. The number of nitrogens with zero attached hydrogens (tertiary/aromatic N) is 7. The summed E-state index contributed by atoms with van der Waals surface area (Å²) in [5.74, 6) is 1.85. The monoisotopic (exact) mass is 760 g/mol. The van der Waals surface area contributed by atoms with Crippen molar-refractivity contribution >= 4 is 46.8 Å². The number of benzene rings is 1. The van der Waals surface area contributed by atoms with Crippen molar-refractivity contribution in [2.45, 2.75) is 90.3 Å². The van der Waals surface area contributed by atoms with E-state index in [1.165, 1.54) is 0 Å². The maximum absolute atomic E-state index is 12.8. The van der Waals surface area contributed by atoms with Gasteiger partial charge in [-0.3, -0.25) is 4.79 Å². The van der Waals surface area contributed by atoms with Gasteiger partial charge in [0.2, 0.25) is 0 Å². The van der Waals surface area contributed by atoms with Crippen LogP contribution in [0, 0.1) is 5.41 Å². The first-order valence-corrected chi connectivity index (χ1v) is 19.0. The highest BCUT2D eigenvalue weighted by molar-refractivity contribution is 6.36. The third-order valence-corrected chi connectivity index (χ3v) is 11.0. The number of carbonyl (C=O) groups is 2. The van der Waals surface area contributed by atoms with Crippen molar-refractivity contribution in [1.29, 1.82) is 0 Å². The lowest BCUT2D eigenvalue weighted by Gasteiger charge is -2.43. The molecule has 3 aromatic heterocycles. The van der Waals surface area contributed by atoms with Gasteiger partial charge in [-0.2, -0.15) is 5.10 Å². The Labute approximate surface area is 320 Å². The van der Waals surface area contributed by atoms with Gasteiger partial charge in [-0.15, -0.1) is 0 Å². The molecular formula is C39H49ClN8O6. The van der Waals surface area contributed by atoms with Gasteiger partial charge in [0, 0.05) is 50.5 Å². The number of alkyl carbamates (subject to hydrolysis) is 1. The largest absolute Gasteiger partial charge is 0.497 e. The molecule has 1 N–H and O–H groups in total. The molecule has 0 radical (unpaired) electrons. The van der Waals surface area contributed by atoms with Crippen LogP contribution in [-0.4, -0.2) is 95.3 Å². The van der Waals surface area contributed by atoms with Crippen molar-refractivity contribution in [1.82, 2.24) is 30.0 Å². The molecule has 4 aromatic rings. The number of pyridine rings is 1. The van der Waals surface area contributed by atoms with Gasteiger partial charge in [-0.05, 0) is 83.6 Å². The van der Waals surface area contributed by atoms with Crippen LogP contribution >= 0.6 is 11.6 Å². The number of aromatic nitrogens is 5. The van der Waals surface area contributed by atoms with Gasteiger partial charge in [-0.1, -0.05) is 23.7 Å². The number of fused-ring (bicyclic) bond motifs is 1. The lowest BCUT2D eigenvalue weighted by atomic mass is 9.73. The smallest absolute Gasteiger partial charge is 0.407 e. The number of ether oxygens (including phenoxy) is 4. The highest BCUT2D eigenvalue weighted by atomic mass is 35.5. The number of piperidine rings is 1. The Hall–Kier alpha value is -4.53. The number of aldehydes is 1. The second-order valence-corrected chi connectivity index (χ2v) is 15.9. The van der Waals surface area contributed by atoms with Crippen molar-refractivity contribution in [2.75, 3.05) is 50.3 Å². The predicted molar refractivity (Wildman–Crippen MR) is 205 cm³/mol.